The number of carbonyl (C=O) groups is 1. The van der Waals surface area contributed by atoms with E-state index in [1.807, 2.05) is 42.2 Å². The molecular weight excluding hydrogens is 350 g/mol. The van der Waals surface area contributed by atoms with E-state index in [1.165, 1.54) is 5.56 Å². The van der Waals surface area contributed by atoms with Gasteiger partial charge in [-0.25, -0.2) is 0 Å². The van der Waals surface area contributed by atoms with Crippen LogP contribution in [0.3, 0.4) is 0 Å². The molecule has 0 atom stereocenters. The standard InChI is InChI=1S/C23H27N3O2/c1-4-28-21-11-6-5-10-20(21)25-12-14-26(15-13-25)23(27)19-9-7-8-18-16(2)17(3)24-22(18)19/h5-11,24H,4,12-15H2,1-3H3. The zero-order valence-corrected chi connectivity index (χ0v) is 16.8. The second kappa shape index (κ2) is 7.58. The van der Waals surface area contributed by atoms with Crippen molar-refractivity contribution in [3.8, 4) is 5.75 Å². The van der Waals surface area contributed by atoms with Crippen LogP contribution in [0.1, 0.15) is 28.5 Å². The predicted molar refractivity (Wildman–Crippen MR) is 114 cm³/mol. The highest BCUT2D eigenvalue weighted by molar-refractivity contribution is 6.06. The van der Waals surface area contributed by atoms with Gasteiger partial charge in [-0.3, -0.25) is 4.79 Å². The van der Waals surface area contributed by atoms with Crippen molar-refractivity contribution in [2.24, 2.45) is 0 Å². The summed E-state index contributed by atoms with van der Waals surface area (Å²) in [5, 5.41) is 1.13. The highest BCUT2D eigenvalue weighted by atomic mass is 16.5. The number of rotatable bonds is 4. The molecule has 1 aliphatic rings. The van der Waals surface area contributed by atoms with E-state index < -0.39 is 0 Å². The topological polar surface area (TPSA) is 48.6 Å². The molecule has 0 radical (unpaired) electrons. The molecule has 146 valence electrons. The van der Waals surface area contributed by atoms with Crippen LogP contribution < -0.4 is 9.64 Å². The lowest BCUT2D eigenvalue weighted by molar-refractivity contribution is 0.0748. The lowest BCUT2D eigenvalue weighted by atomic mass is 10.1. The molecule has 5 heteroatoms. The van der Waals surface area contributed by atoms with Crippen LogP contribution in [-0.4, -0.2) is 48.6 Å². The Morgan fingerprint density at radius 2 is 1.79 bits per heavy atom. The molecule has 1 saturated heterocycles. The average Bonchev–Trinajstić information content (AvgIpc) is 3.02. The minimum Gasteiger partial charge on any atom is -0.492 e. The summed E-state index contributed by atoms with van der Waals surface area (Å²) in [5.74, 6) is 1.01. The first kappa shape index (κ1) is 18.4. The molecule has 1 fully saturated rings. The normalized spacial score (nSPS) is 14.5. The van der Waals surface area contributed by atoms with E-state index in [0.717, 1.165) is 46.7 Å². The summed E-state index contributed by atoms with van der Waals surface area (Å²) >= 11 is 0. The summed E-state index contributed by atoms with van der Waals surface area (Å²) in [6, 6.07) is 14.1. The summed E-state index contributed by atoms with van der Waals surface area (Å²) in [5.41, 5.74) is 5.15. The van der Waals surface area contributed by atoms with Gasteiger partial charge in [0, 0.05) is 37.3 Å². The molecule has 4 rings (SSSR count). The molecule has 0 spiro atoms. The first-order chi connectivity index (χ1) is 13.6. The van der Waals surface area contributed by atoms with E-state index >= 15 is 0 Å². The van der Waals surface area contributed by atoms with Gasteiger partial charge >= 0.3 is 0 Å². The maximum absolute atomic E-state index is 13.2. The highest BCUT2D eigenvalue weighted by Crippen LogP contribution is 2.30. The van der Waals surface area contributed by atoms with E-state index in [2.05, 4.69) is 35.9 Å². The van der Waals surface area contributed by atoms with Crippen molar-refractivity contribution < 1.29 is 9.53 Å². The molecule has 2 aromatic carbocycles. The molecule has 0 aliphatic carbocycles. The number of hydrogen-bond acceptors (Lipinski definition) is 3. The fraction of sp³-hybridized carbons (Fsp3) is 0.348. The number of nitrogens with one attached hydrogen (secondary N) is 1. The number of benzene rings is 2. The van der Waals surface area contributed by atoms with E-state index in [0.29, 0.717) is 19.7 Å². The van der Waals surface area contributed by atoms with Crippen molar-refractivity contribution >= 4 is 22.5 Å². The number of hydrogen-bond donors (Lipinski definition) is 1. The summed E-state index contributed by atoms with van der Waals surface area (Å²) in [7, 11) is 0. The SMILES string of the molecule is CCOc1ccccc1N1CCN(C(=O)c2cccc3c(C)c(C)[nH]c23)CC1. The number of nitrogens with zero attached hydrogens (tertiary/aromatic N) is 2. The smallest absolute Gasteiger partial charge is 0.256 e. The van der Waals surface area contributed by atoms with Crippen molar-refractivity contribution in [2.75, 3.05) is 37.7 Å². The molecule has 1 aliphatic heterocycles. The minimum atomic E-state index is 0.101. The zero-order valence-electron chi connectivity index (χ0n) is 16.8. The van der Waals surface area contributed by atoms with Gasteiger partial charge < -0.3 is 19.5 Å². The van der Waals surface area contributed by atoms with Crippen molar-refractivity contribution in [3.05, 3.63) is 59.3 Å². The van der Waals surface area contributed by atoms with Gasteiger partial charge in [0.2, 0.25) is 0 Å². The molecular formula is C23H27N3O2. The number of para-hydroxylation sites is 3. The van der Waals surface area contributed by atoms with Gasteiger partial charge in [0.1, 0.15) is 5.75 Å². The molecule has 5 nitrogen and oxygen atoms in total. The largest absolute Gasteiger partial charge is 0.492 e. The Labute approximate surface area is 165 Å². The summed E-state index contributed by atoms with van der Waals surface area (Å²) in [6.45, 7) is 9.80. The van der Waals surface area contributed by atoms with Crippen LogP contribution >= 0.6 is 0 Å². The van der Waals surface area contributed by atoms with Crippen LogP contribution in [0, 0.1) is 13.8 Å². The quantitative estimate of drug-likeness (QED) is 0.743. The van der Waals surface area contributed by atoms with Gasteiger partial charge in [0.25, 0.3) is 5.91 Å². The van der Waals surface area contributed by atoms with Crippen LogP contribution in [0.15, 0.2) is 42.5 Å². The van der Waals surface area contributed by atoms with Gasteiger partial charge in [-0.1, -0.05) is 24.3 Å². The Morgan fingerprint density at radius 3 is 2.54 bits per heavy atom. The third kappa shape index (κ3) is 3.21. The molecule has 0 saturated carbocycles. The van der Waals surface area contributed by atoms with E-state index in [4.69, 9.17) is 4.74 Å². The molecule has 2 heterocycles. The third-order valence-electron chi connectivity index (χ3n) is 5.65. The number of aryl methyl sites for hydroxylation is 2. The number of aromatic nitrogens is 1. The number of carbonyl (C=O) groups excluding carboxylic acids is 1. The molecule has 0 bridgehead atoms. The first-order valence-corrected chi connectivity index (χ1v) is 9.94. The molecule has 1 aromatic heterocycles. The first-order valence-electron chi connectivity index (χ1n) is 9.94. The Bertz CT molecular complexity index is 1000. The summed E-state index contributed by atoms with van der Waals surface area (Å²) < 4.78 is 5.77. The van der Waals surface area contributed by atoms with E-state index in [9.17, 15) is 4.79 Å². The zero-order chi connectivity index (χ0) is 19.7. The molecule has 1 amide bonds. The second-order valence-electron chi connectivity index (χ2n) is 7.28. The Kier molecular flexibility index (Phi) is 4.99. The number of anilines is 1. The van der Waals surface area contributed by atoms with Gasteiger partial charge in [0.05, 0.1) is 23.4 Å². The van der Waals surface area contributed by atoms with E-state index in [1.54, 1.807) is 0 Å². The summed E-state index contributed by atoms with van der Waals surface area (Å²) in [6.07, 6.45) is 0. The van der Waals surface area contributed by atoms with Crippen molar-refractivity contribution in [1.29, 1.82) is 0 Å². The number of aromatic amines is 1. The lowest BCUT2D eigenvalue weighted by Gasteiger charge is -2.36. The third-order valence-corrected chi connectivity index (χ3v) is 5.65. The minimum absolute atomic E-state index is 0.101. The van der Waals surface area contributed by atoms with Crippen LogP contribution in [0.2, 0.25) is 0 Å². The van der Waals surface area contributed by atoms with Gasteiger partial charge in [-0.05, 0) is 44.5 Å². The summed E-state index contributed by atoms with van der Waals surface area (Å²) in [4.78, 5) is 20.9. The monoisotopic (exact) mass is 377 g/mol. The van der Waals surface area contributed by atoms with Crippen molar-refractivity contribution in [3.63, 3.8) is 0 Å². The lowest BCUT2D eigenvalue weighted by Crippen LogP contribution is -2.49. The maximum atomic E-state index is 13.2. The number of ether oxygens (including phenoxy) is 1. The Hall–Kier alpha value is -2.95. The van der Waals surface area contributed by atoms with Crippen LogP contribution in [-0.2, 0) is 0 Å². The fourth-order valence-corrected chi connectivity index (χ4v) is 3.98. The number of fused-ring (bicyclic) bond motifs is 1. The number of H-pyrrole nitrogens is 1. The van der Waals surface area contributed by atoms with Crippen LogP contribution in [0.4, 0.5) is 5.69 Å². The highest BCUT2D eigenvalue weighted by Gasteiger charge is 2.25. The number of piperazine rings is 1. The number of amides is 1. The van der Waals surface area contributed by atoms with Gasteiger partial charge in [0.15, 0.2) is 0 Å². The Morgan fingerprint density at radius 1 is 1.04 bits per heavy atom. The van der Waals surface area contributed by atoms with Crippen molar-refractivity contribution in [2.45, 2.75) is 20.8 Å². The molecule has 0 unspecified atom stereocenters. The maximum Gasteiger partial charge on any atom is 0.256 e. The van der Waals surface area contributed by atoms with E-state index in [-0.39, 0.29) is 5.91 Å². The van der Waals surface area contributed by atoms with Crippen LogP contribution in [0.25, 0.3) is 10.9 Å². The molecule has 1 N–H and O–H groups in total. The molecule has 28 heavy (non-hydrogen) atoms. The predicted octanol–water partition coefficient (Wildman–Crippen LogP) is 4.15. The second-order valence-corrected chi connectivity index (χ2v) is 7.28. The Balaban J connectivity index is 1.52. The van der Waals surface area contributed by atoms with Gasteiger partial charge in [-0.15, -0.1) is 0 Å². The van der Waals surface area contributed by atoms with Crippen molar-refractivity contribution in [1.82, 2.24) is 9.88 Å². The van der Waals surface area contributed by atoms with Crippen LogP contribution in [0.5, 0.6) is 5.75 Å². The fourth-order valence-electron chi connectivity index (χ4n) is 3.98. The average molecular weight is 377 g/mol. The molecule has 3 aromatic rings. The van der Waals surface area contributed by atoms with Gasteiger partial charge in [-0.2, -0.15) is 0 Å².